The van der Waals surface area contributed by atoms with Crippen LogP contribution in [0.3, 0.4) is 0 Å². The van der Waals surface area contributed by atoms with Crippen molar-refractivity contribution in [3.63, 3.8) is 0 Å². The summed E-state index contributed by atoms with van der Waals surface area (Å²) in [6, 6.07) is 10.6. The van der Waals surface area contributed by atoms with Crippen molar-refractivity contribution in [3.8, 4) is 17.0 Å². The largest absolute Gasteiger partial charge is 0.478 e. The Balaban J connectivity index is 1.75. The van der Waals surface area contributed by atoms with Gasteiger partial charge in [-0.05, 0) is 61.7 Å². The van der Waals surface area contributed by atoms with E-state index in [1.54, 1.807) is 12.1 Å². The van der Waals surface area contributed by atoms with Gasteiger partial charge in [0.25, 0.3) is 0 Å². The number of aromatic carboxylic acids is 1. The molecule has 0 saturated carbocycles. The van der Waals surface area contributed by atoms with Crippen LogP contribution in [-0.4, -0.2) is 27.1 Å². The molecule has 232 valence electrons. The van der Waals surface area contributed by atoms with Crippen LogP contribution >= 0.6 is 11.3 Å². The Morgan fingerprint density at radius 2 is 1.77 bits per heavy atom. The van der Waals surface area contributed by atoms with E-state index in [2.05, 4.69) is 16.9 Å². The predicted octanol–water partition coefficient (Wildman–Crippen LogP) is 9.61. The number of alkyl halides is 3. The van der Waals surface area contributed by atoms with Crippen molar-refractivity contribution in [2.75, 3.05) is 4.90 Å². The third-order valence-corrected chi connectivity index (χ3v) is 7.88. The molecule has 0 radical (unpaired) electrons. The molecule has 44 heavy (non-hydrogen) atoms. The Bertz CT molecular complexity index is 1610. The quantitative estimate of drug-likeness (QED) is 0.124. The fraction of sp³-hybridized carbons (Fsp3) is 0.312. The van der Waals surface area contributed by atoms with E-state index in [9.17, 15) is 27.9 Å². The minimum absolute atomic E-state index is 0.0800. The molecule has 0 fully saturated rings. The van der Waals surface area contributed by atoms with Gasteiger partial charge in [-0.15, -0.1) is 0 Å². The van der Waals surface area contributed by atoms with Gasteiger partial charge in [-0.3, -0.25) is 4.98 Å². The Morgan fingerprint density at radius 1 is 1.02 bits per heavy atom. The number of unbranched alkanes of at least 4 members (excludes halogenated alkanes) is 5. The Kier molecular flexibility index (Phi) is 10.7. The Labute approximate surface area is 256 Å². The number of amides is 1. The monoisotopic (exact) mass is 629 g/mol. The van der Waals surface area contributed by atoms with Gasteiger partial charge >= 0.3 is 18.2 Å². The number of halogens is 4. The van der Waals surface area contributed by atoms with Crippen molar-refractivity contribution >= 4 is 34.2 Å². The maximum atomic E-state index is 15.2. The second-order valence-electron chi connectivity index (χ2n) is 10.2. The van der Waals surface area contributed by atoms with Gasteiger partial charge in [-0.1, -0.05) is 62.5 Å². The van der Waals surface area contributed by atoms with Gasteiger partial charge in [0.2, 0.25) is 10.3 Å². The molecule has 0 unspecified atom stereocenters. The number of hydrogen-bond acceptors (Lipinski definition) is 6. The van der Waals surface area contributed by atoms with Gasteiger partial charge in [-0.25, -0.2) is 19.5 Å². The molecule has 2 aromatic heterocycles. The van der Waals surface area contributed by atoms with Crippen LogP contribution in [0.2, 0.25) is 0 Å². The smallest absolute Gasteiger partial charge is 0.426 e. The van der Waals surface area contributed by atoms with Gasteiger partial charge in [-0.2, -0.15) is 17.6 Å². The third kappa shape index (κ3) is 7.79. The molecule has 4 aromatic rings. The van der Waals surface area contributed by atoms with Crippen molar-refractivity contribution in [1.82, 2.24) is 9.97 Å². The zero-order valence-corrected chi connectivity index (χ0v) is 25.0. The van der Waals surface area contributed by atoms with Crippen LogP contribution in [-0.2, 0) is 12.6 Å². The number of carboxylic acid groups (broad SMARTS) is 1. The number of benzene rings is 2. The van der Waals surface area contributed by atoms with Crippen LogP contribution in [0.25, 0.3) is 11.3 Å². The van der Waals surface area contributed by atoms with E-state index in [1.165, 1.54) is 49.6 Å². The zero-order valence-electron chi connectivity index (χ0n) is 24.2. The molecule has 0 aliphatic carbocycles. The number of pyridine rings is 1. The third-order valence-electron chi connectivity index (χ3n) is 7.05. The van der Waals surface area contributed by atoms with Gasteiger partial charge in [0.05, 0.1) is 16.8 Å². The van der Waals surface area contributed by atoms with Crippen molar-refractivity contribution < 1.29 is 37.0 Å². The lowest BCUT2D eigenvalue weighted by Crippen LogP contribution is -2.30. The lowest BCUT2D eigenvalue weighted by atomic mass is 9.99. The summed E-state index contributed by atoms with van der Waals surface area (Å²) >= 11 is 0.448. The summed E-state index contributed by atoms with van der Waals surface area (Å²) in [7, 11) is 0. The number of ether oxygens (including phenoxy) is 1. The summed E-state index contributed by atoms with van der Waals surface area (Å²) in [5, 5.41) is 8.40. The van der Waals surface area contributed by atoms with E-state index in [-0.39, 0.29) is 45.4 Å². The van der Waals surface area contributed by atoms with Crippen molar-refractivity contribution in [3.05, 3.63) is 88.3 Å². The fourth-order valence-corrected chi connectivity index (χ4v) is 5.57. The van der Waals surface area contributed by atoms with Crippen LogP contribution in [0.5, 0.6) is 5.75 Å². The van der Waals surface area contributed by atoms with Gasteiger partial charge in [0, 0.05) is 23.5 Å². The zero-order chi connectivity index (χ0) is 31.9. The summed E-state index contributed by atoms with van der Waals surface area (Å²) in [5.41, 5.74) is -0.926. The molecule has 2 aromatic carbocycles. The number of nitrogens with zero attached hydrogens (tertiary/aromatic N) is 3. The number of carboxylic acids is 1. The van der Waals surface area contributed by atoms with Crippen molar-refractivity contribution in [1.29, 1.82) is 0 Å². The summed E-state index contributed by atoms with van der Waals surface area (Å²) < 4.78 is 63.6. The highest BCUT2D eigenvalue weighted by molar-refractivity contribution is 7.14. The molecule has 7 nitrogen and oxygen atoms in total. The molecule has 0 atom stereocenters. The van der Waals surface area contributed by atoms with E-state index in [0.29, 0.717) is 23.3 Å². The average Bonchev–Trinajstić information content (AvgIpc) is 3.37. The molecule has 0 saturated heterocycles. The molecule has 12 heteroatoms. The van der Waals surface area contributed by atoms with Crippen LogP contribution in [0, 0.1) is 12.1 Å². The molecule has 0 spiro atoms. The second kappa shape index (κ2) is 14.4. The number of rotatable bonds is 12. The topological polar surface area (TPSA) is 92.6 Å². The van der Waals surface area contributed by atoms with Crippen LogP contribution in [0.15, 0.2) is 60.9 Å². The molecule has 1 N–H and O–H groups in total. The molecule has 0 aliphatic rings. The second-order valence-corrected chi connectivity index (χ2v) is 11.1. The summed E-state index contributed by atoms with van der Waals surface area (Å²) in [6.45, 7) is 3.52. The number of thiazole rings is 1. The lowest BCUT2D eigenvalue weighted by molar-refractivity contribution is -0.138. The summed E-state index contributed by atoms with van der Waals surface area (Å²) in [5.74, 6) is -1.38. The highest BCUT2D eigenvalue weighted by Crippen LogP contribution is 2.40. The van der Waals surface area contributed by atoms with E-state index >= 15 is 4.39 Å². The number of carbonyl (C=O) groups excluding carboxylic acids is 1. The lowest BCUT2D eigenvalue weighted by Gasteiger charge is -2.22. The van der Waals surface area contributed by atoms with Crippen molar-refractivity contribution in [2.24, 2.45) is 0 Å². The fourth-order valence-electron chi connectivity index (χ4n) is 4.74. The van der Waals surface area contributed by atoms with Crippen LogP contribution in [0.1, 0.15) is 72.5 Å². The van der Waals surface area contributed by atoms with E-state index in [4.69, 9.17) is 4.74 Å². The maximum Gasteiger partial charge on any atom is 0.426 e. The number of hydrogen-bond donors (Lipinski definition) is 1. The number of carbonyl (C=O) groups is 2. The standard InChI is InChI=1S/C32H31F4N3O4S/c1-3-4-5-6-7-8-11-21-15-16-23(18-25(21)32(34,35)36)39(30-38-27(28(33)44-30)22-12-10-17-37-19-22)31(42)43-26-14-9-13-24(20(26)2)29(40)41/h9-10,12-19H,3-8,11H2,1-2H3,(H,40,41). The predicted molar refractivity (Wildman–Crippen MR) is 160 cm³/mol. The summed E-state index contributed by atoms with van der Waals surface area (Å²) in [6.07, 6.45) is 2.59. The van der Waals surface area contributed by atoms with E-state index in [0.717, 1.165) is 43.1 Å². The summed E-state index contributed by atoms with van der Waals surface area (Å²) in [4.78, 5) is 34.2. The first-order chi connectivity index (χ1) is 21.0. The molecular formula is C32H31F4N3O4S. The van der Waals surface area contributed by atoms with Gasteiger partial charge < -0.3 is 9.84 Å². The van der Waals surface area contributed by atoms with E-state index < -0.39 is 28.9 Å². The number of aromatic nitrogens is 2. The highest BCUT2D eigenvalue weighted by atomic mass is 32.1. The SMILES string of the molecule is CCCCCCCCc1ccc(N(C(=O)Oc2cccc(C(=O)O)c2C)c2nc(-c3cccnc3)c(F)s2)cc1C(F)(F)F. The Morgan fingerprint density at radius 3 is 2.45 bits per heavy atom. The maximum absolute atomic E-state index is 15.2. The molecule has 0 bridgehead atoms. The van der Waals surface area contributed by atoms with Crippen LogP contribution in [0.4, 0.5) is 33.2 Å². The molecule has 4 rings (SSSR count). The molecule has 0 aliphatic heterocycles. The van der Waals surface area contributed by atoms with Gasteiger partial charge in [0.15, 0.2) is 0 Å². The highest BCUT2D eigenvalue weighted by Gasteiger charge is 2.35. The minimum Gasteiger partial charge on any atom is -0.478 e. The van der Waals surface area contributed by atoms with Crippen molar-refractivity contribution in [2.45, 2.75) is 65.0 Å². The average molecular weight is 630 g/mol. The van der Waals surface area contributed by atoms with Gasteiger partial charge in [0.1, 0.15) is 11.4 Å². The first-order valence-electron chi connectivity index (χ1n) is 14.1. The first-order valence-corrected chi connectivity index (χ1v) is 14.9. The molecular weight excluding hydrogens is 598 g/mol. The molecule has 1 amide bonds. The number of aryl methyl sites for hydroxylation is 1. The normalized spacial score (nSPS) is 11.4. The van der Waals surface area contributed by atoms with E-state index in [1.807, 2.05) is 0 Å². The minimum atomic E-state index is -4.73. The van der Waals surface area contributed by atoms with Crippen LogP contribution < -0.4 is 9.64 Å². The molecule has 2 heterocycles. The first kappa shape index (κ1) is 32.6. The Hall–Kier alpha value is -4.32. The number of anilines is 2.